The van der Waals surface area contributed by atoms with Crippen LogP contribution in [0.1, 0.15) is 31.6 Å². The van der Waals surface area contributed by atoms with E-state index in [1.54, 1.807) is 13.8 Å². The molecule has 2 amide bonds. The predicted octanol–water partition coefficient (Wildman–Crippen LogP) is 2.46. The normalized spacial score (nSPS) is 21.0. The van der Waals surface area contributed by atoms with Gasteiger partial charge in [-0.2, -0.15) is 0 Å². The SMILES string of the molecule is CC1C(c2ccccc2)OC(=O)N1C(=O)C(C)n1cnc([N+](=O)[O-])c1. The maximum absolute atomic E-state index is 12.7. The van der Waals surface area contributed by atoms with Crippen LogP contribution in [0.4, 0.5) is 10.6 Å². The van der Waals surface area contributed by atoms with Crippen molar-refractivity contribution in [3.63, 3.8) is 0 Å². The Hall–Kier alpha value is -3.23. The largest absolute Gasteiger partial charge is 0.439 e. The van der Waals surface area contributed by atoms with Crippen LogP contribution >= 0.6 is 0 Å². The van der Waals surface area contributed by atoms with Crippen molar-refractivity contribution in [3.05, 3.63) is 58.5 Å². The monoisotopic (exact) mass is 344 g/mol. The van der Waals surface area contributed by atoms with Gasteiger partial charge in [0.05, 0.1) is 6.04 Å². The summed E-state index contributed by atoms with van der Waals surface area (Å²) in [5.41, 5.74) is 0.796. The second-order valence-electron chi connectivity index (χ2n) is 5.78. The highest BCUT2D eigenvalue weighted by molar-refractivity contribution is 5.95. The molecule has 0 saturated carbocycles. The van der Waals surface area contributed by atoms with Gasteiger partial charge in [-0.05, 0) is 29.3 Å². The van der Waals surface area contributed by atoms with Crippen LogP contribution in [0, 0.1) is 10.1 Å². The molecule has 3 unspecified atom stereocenters. The van der Waals surface area contributed by atoms with Crippen LogP contribution < -0.4 is 0 Å². The quantitative estimate of drug-likeness (QED) is 0.623. The van der Waals surface area contributed by atoms with Gasteiger partial charge < -0.3 is 14.9 Å². The number of cyclic esters (lactones) is 1. The number of hydrogen-bond donors (Lipinski definition) is 0. The summed E-state index contributed by atoms with van der Waals surface area (Å²) in [5.74, 6) is -0.873. The Morgan fingerprint density at radius 1 is 1.36 bits per heavy atom. The van der Waals surface area contributed by atoms with E-state index in [9.17, 15) is 19.7 Å². The first-order valence-electron chi connectivity index (χ1n) is 7.66. The average molecular weight is 344 g/mol. The molecule has 1 saturated heterocycles. The number of ether oxygens (including phenoxy) is 1. The first-order chi connectivity index (χ1) is 11.9. The third-order valence-corrected chi connectivity index (χ3v) is 4.21. The van der Waals surface area contributed by atoms with E-state index in [-0.39, 0.29) is 5.82 Å². The van der Waals surface area contributed by atoms with Gasteiger partial charge in [0, 0.05) is 0 Å². The van der Waals surface area contributed by atoms with Crippen LogP contribution in [0.25, 0.3) is 0 Å². The third-order valence-electron chi connectivity index (χ3n) is 4.21. The number of imidazole rings is 1. The van der Waals surface area contributed by atoms with Crippen LogP contribution in [-0.4, -0.2) is 37.4 Å². The summed E-state index contributed by atoms with van der Waals surface area (Å²) in [6.07, 6.45) is 1.07. The van der Waals surface area contributed by atoms with Crippen molar-refractivity contribution in [3.8, 4) is 0 Å². The molecule has 9 nitrogen and oxygen atoms in total. The fourth-order valence-corrected chi connectivity index (χ4v) is 2.81. The zero-order chi connectivity index (χ0) is 18.1. The van der Waals surface area contributed by atoms with Gasteiger partial charge in [0.1, 0.15) is 18.3 Å². The zero-order valence-electron chi connectivity index (χ0n) is 13.6. The van der Waals surface area contributed by atoms with Crippen LogP contribution in [0.2, 0.25) is 0 Å². The number of nitrogens with zero attached hydrogens (tertiary/aromatic N) is 4. The first kappa shape index (κ1) is 16.6. The second-order valence-corrected chi connectivity index (χ2v) is 5.78. The summed E-state index contributed by atoms with van der Waals surface area (Å²) in [4.78, 5) is 39.7. The molecule has 9 heteroatoms. The van der Waals surface area contributed by atoms with Crippen LogP contribution in [0.3, 0.4) is 0 Å². The van der Waals surface area contributed by atoms with Crippen molar-refractivity contribution in [2.45, 2.75) is 32.0 Å². The Balaban J connectivity index is 1.81. The van der Waals surface area contributed by atoms with E-state index in [4.69, 9.17) is 4.74 Å². The highest BCUT2D eigenvalue weighted by atomic mass is 16.6. The Kier molecular flexibility index (Phi) is 4.22. The maximum Gasteiger partial charge on any atom is 0.417 e. The Labute approximate surface area is 143 Å². The minimum Gasteiger partial charge on any atom is -0.439 e. The molecule has 3 atom stereocenters. The van der Waals surface area contributed by atoms with E-state index in [2.05, 4.69) is 4.98 Å². The lowest BCUT2D eigenvalue weighted by atomic mass is 10.0. The molecule has 1 aliphatic heterocycles. The number of imide groups is 1. The zero-order valence-corrected chi connectivity index (χ0v) is 13.6. The molecule has 2 heterocycles. The van der Waals surface area contributed by atoms with Gasteiger partial charge in [0.2, 0.25) is 6.33 Å². The molecular weight excluding hydrogens is 328 g/mol. The number of benzene rings is 1. The van der Waals surface area contributed by atoms with Crippen LogP contribution in [0.5, 0.6) is 0 Å². The molecule has 0 bridgehead atoms. The average Bonchev–Trinajstić information content (AvgIpc) is 3.20. The van der Waals surface area contributed by atoms with Gasteiger partial charge >= 0.3 is 11.9 Å². The van der Waals surface area contributed by atoms with Crippen LogP contribution in [0.15, 0.2) is 42.9 Å². The van der Waals surface area contributed by atoms with E-state index in [0.717, 1.165) is 16.7 Å². The molecule has 3 rings (SSSR count). The van der Waals surface area contributed by atoms with Gasteiger partial charge in [-0.3, -0.25) is 9.36 Å². The topological polar surface area (TPSA) is 108 Å². The van der Waals surface area contributed by atoms with Crippen molar-refractivity contribution >= 4 is 17.8 Å². The molecule has 1 aromatic heterocycles. The van der Waals surface area contributed by atoms with Crippen LogP contribution in [-0.2, 0) is 9.53 Å². The fraction of sp³-hybridized carbons (Fsp3) is 0.312. The molecule has 0 spiro atoms. The van der Waals surface area contributed by atoms with E-state index in [1.165, 1.54) is 10.9 Å². The summed E-state index contributed by atoms with van der Waals surface area (Å²) < 4.78 is 6.66. The summed E-state index contributed by atoms with van der Waals surface area (Å²) in [7, 11) is 0. The van der Waals surface area contributed by atoms with Gasteiger partial charge in [-0.15, -0.1) is 0 Å². The van der Waals surface area contributed by atoms with Crippen molar-refractivity contribution in [1.82, 2.24) is 14.5 Å². The molecule has 130 valence electrons. The van der Waals surface area contributed by atoms with Crippen molar-refractivity contribution in [2.75, 3.05) is 0 Å². The lowest BCUT2D eigenvalue weighted by molar-refractivity contribution is -0.389. The number of nitro groups is 1. The predicted molar refractivity (Wildman–Crippen MR) is 85.6 cm³/mol. The summed E-state index contributed by atoms with van der Waals surface area (Å²) in [6.45, 7) is 3.27. The van der Waals surface area contributed by atoms with Crippen molar-refractivity contribution in [1.29, 1.82) is 0 Å². The van der Waals surface area contributed by atoms with E-state index >= 15 is 0 Å². The Bertz CT molecular complexity index is 819. The maximum atomic E-state index is 12.7. The number of amides is 2. The van der Waals surface area contributed by atoms with E-state index < -0.39 is 35.1 Å². The number of rotatable bonds is 4. The summed E-state index contributed by atoms with van der Waals surface area (Å²) >= 11 is 0. The lowest BCUT2D eigenvalue weighted by Crippen LogP contribution is -2.41. The van der Waals surface area contributed by atoms with Crippen molar-refractivity contribution < 1.29 is 19.2 Å². The standard InChI is InChI=1S/C16H16N4O5/c1-10-14(12-6-4-3-5-7-12)25-16(22)19(10)15(21)11(2)18-8-13(17-9-18)20(23)24/h3-11,14H,1-2H3. The smallest absolute Gasteiger partial charge is 0.417 e. The van der Waals surface area contributed by atoms with Gasteiger partial charge in [0.15, 0.2) is 0 Å². The van der Waals surface area contributed by atoms with E-state index in [0.29, 0.717) is 0 Å². The van der Waals surface area contributed by atoms with Crippen molar-refractivity contribution in [2.24, 2.45) is 0 Å². The molecule has 0 radical (unpaired) electrons. The Morgan fingerprint density at radius 3 is 2.64 bits per heavy atom. The molecule has 0 N–H and O–H groups in total. The summed E-state index contributed by atoms with van der Waals surface area (Å²) in [5, 5.41) is 10.7. The van der Waals surface area contributed by atoms with Gasteiger partial charge in [0.25, 0.3) is 5.91 Å². The molecule has 2 aromatic rings. The highest BCUT2D eigenvalue weighted by Gasteiger charge is 2.45. The lowest BCUT2D eigenvalue weighted by Gasteiger charge is -2.22. The number of carbonyl (C=O) groups excluding carboxylic acids is 2. The molecule has 1 aliphatic rings. The van der Waals surface area contributed by atoms with E-state index in [1.807, 2.05) is 30.3 Å². The minimum atomic E-state index is -0.828. The Morgan fingerprint density at radius 2 is 2.04 bits per heavy atom. The number of carbonyl (C=O) groups is 2. The minimum absolute atomic E-state index is 0.362. The molecule has 1 fully saturated rings. The third kappa shape index (κ3) is 2.95. The summed E-state index contributed by atoms with van der Waals surface area (Å²) in [6, 6.07) is 7.83. The first-order valence-corrected chi connectivity index (χ1v) is 7.66. The molecule has 25 heavy (non-hydrogen) atoms. The molecular formula is C16H16N4O5. The van der Waals surface area contributed by atoms with Gasteiger partial charge in [-0.1, -0.05) is 30.3 Å². The number of hydrogen-bond acceptors (Lipinski definition) is 6. The second kappa shape index (κ2) is 6.34. The number of aromatic nitrogens is 2. The molecule has 1 aromatic carbocycles. The molecule has 0 aliphatic carbocycles. The highest BCUT2D eigenvalue weighted by Crippen LogP contribution is 2.33. The fourth-order valence-electron chi connectivity index (χ4n) is 2.81. The van der Waals surface area contributed by atoms with Gasteiger partial charge in [-0.25, -0.2) is 9.69 Å².